The summed E-state index contributed by atoms with van der Waals surface area (Å²) in [5.41, 5.74) is 0.318. The van der Waals surface area contributed by atoms with Crippen LogP contribution in [0.2, 0.25) is 0 Å². The number of rotatable bonds is 3. The predicted molar refractivity (Wildman–Crippen MR) is 106 cm³/mol. The zero-order chi connectivity index (χ0) is 21.0. The average Bonchev–Trinajstić information content (AvgIpc) is 2.85. The van der Waals surface area contributed by atoms with E-state index in [0.717, 1.165) is 5.56 Å². The van der Waals surface area contributed by atoms with Gasteiger partial charge in [-0.05, 0) is 41.5 Å². The molecule has 0 aliphatic heterocycles. The minimum Gasteiger partial charge on any atom is -0.468 e. The van der Waals surface area contributed by atoms with Gasteiger partial charge in [-0.25, -0.2) is 8.78 Å². The van der Waals surface area contributed by atoms with Gasteiger partial charge in [0.25, 0.3) is 0 Å². The second-order valence-corrected chi connectivity index (χ2v) is 8.16. The summed E-state index contributed by atoms with van der Waals surface area (Å²) in [6, 6.07) is 8.31. The Morgan fingerprint density at radius 2 is 1.79 bits per heavy atom. The Morgan fingerprint density at radius 3 is 2.41 bits per heavy atom. The van der Waals surface area contributed by atoms with E-state index in [9.17, 15) is 13.6 Å². The Kier molecular flexibility index (Phi) is 4.41. The molecule has 2 atom stereocenters. The van der Waals surface area contributed by atoms with Crippen molar-refractivity contribution in [2.24, 2.45) is 5.41 Å². The van der Waals surface area contributed by atoms with Gasteiger partial charge in [-0.3, -0.25) is 4.79 Å². The molecule has 29 heavy (non-hydrogen) atoms. The van der Waals surface area contributed by atoms with Crippen LogP contribution >= 0.6 is 0 Å². The van der Waals surface area contributed by atoms with Gasteiger partial charge in [0.1, 0.15) is 17.4 Å². The highest BCUT2D eigenvalue weighted by Crippen LogP contribution is 2.62. The Bertz CT molecular complexity index is 1140. The van der Waals surface area contributed by atoms with Crippen molar-refractivity contribution in [3.63, 3.8) is 0 Å². The normalized spacial score (nSPS) is 22.5. The van der Waals surface area contributed by atoms with Crippen molar-refractivity contribution in [2.75, 3.05) is 0 Å². The van der Waals surface area contributed by atoms with Crippen LogP contribution in [0.4, 0.5) is 8.78 Å². The first-order valence-corrected chi connectivity index (χ1v) is 9.66. The van der Waals surface area contributed by atoms with Crippen LogP contribution in [0, 0.1) is 17.0 Å². The first-order valence-electron chi connectivity index (χ1n) is 9.66. The van der Waals surface area contributed by atoms with E-state index in [0.29, 0.717) is 17.9 Å². The van der Waals surface area contributed by atoms with Gasteiger partial charge in [0.2, 0.25) is 0 Å². The van der Waals surface area contributed by atoms with Crippen LogP contribution in [-0.4, -0.2) is 10.2 Å². The van der Waals surface area contributed by atoms with Crippen molar-refractivity contribution in [3.8, 4) is 11.3 Å². The maximum atomic E-state index is 14.3. The molecule has 1 aliphatic rings. The molecule has 6 heteroatoms. The number of hydrogen-bond donors (Lipinski definition) is 0. The molecule has 0 bridgehead atoms. The second kappa shape index (κ2) is 6.58. The second-order valence-electron chi connectivity index (χ2n) is 8.16. The lowest BCUT2D eigenvalue weighted by molar-refractivity contribution is 0.154. The summed E-state index contributed by atoms with van der Waals surface area (Å²) < 4.78 is 34.4. The van der Waals surface area contributed by atoms with Crippen LogP contribution in [0.3, 0.4) is 0 Å². The van der Waals surface area contributed by atoms with Crippen molar-refractivity contribution in [1.82, 2.24) is 10.2 Å². The smallest absolute Gasteiger partial charge is 0.185 e. The van der Waals surface area contributed by atoms with Crippen LogP contribution < -0.4 is 5.43 Å². The molecule has 0 unspecified atom stereocenters. The molecule has 0 saturated carbocycles. The van der Waals surface area contributed by atoms with Gasteiger partial charge in [-0.1, -0.05) is 33.8 Å². The van der Waals surface area contributed by atoms with Gasteiger partial charge in [-0.15, -0.1) is 5.10 Å². The summed E-state index contributed by atoms with van der Waals surface area (Å²) in [7, 11) is 0. The highest BCUT2D eigenvalue weighted by Gasteiger charge is 2.59. The third kappa shape index (κ3) is 2.58. The zero-order valence-electron chi connectivity index (χ0n) is 16.8. The Balaban J connectivity index is 1.99. The topological polar surface area (TPSA) is 56.0 Å². The third-order valence-corrected chi connectivity index (χ3v) is 6.75. The molecule has 0 N–H and O–H groups in total. The van der Waals surface area contributed by atoms with Crippen molar-refractivity contribution in [2.45, 2.75) is 45.4 Å². The predicted octanol–water partition coefficient (Wildman–Crippen LogP) is 5.21. The zero-order valence-corrected chi connectivity index (χ0v) is 16.8. The SMILES string of the molecule is CC[C@]1(c2cc(=O)cco2)c2nnc(-c3c(F)cccc3F)cc2[C@H](C)C1(C)C. The molecule has 1 aromatic carbocycles. The summed E-state index contributed by atoms with van der Waals surface area (Å²) in [4.78, 5) is 12.0. The molecule has 2 aromatic heterocycles. The quantitative estimate of drug-likeness (QED) is 0.609. The molecule has 150 valence electrons. The van der Waals surface area contributed by atoms with Crippen LogP contribution in [0.15, 0.2) is 51.9 Å². The van der Waals surface area contributed by atoms with Crippen LogP contribution in [0.5, 0.6) is 0 Å². The minimum absolute atomic E-state index is 0.00737. The van der Waals surface area contributed by atoms with E-state index in [4.69, 9.17) is 4.42 Å². The third-order valence-electron chi connectivity index (χ3n) is 6.75. The van der Waals surface area contributed by atoms with E-state index in [1.807, 2.05) is 6.92 Å². The van der Waals surface area contributed by atoms with Gasteiger partial charge in [-0.2, -0.15) is 5.10 Å². The molecule has 0 amide bonds. The van der Waals surface area contributed by atoms with Crippen molar-refractivity contribution >= 4 is 0 Å². The van der Waals surface area contributed by atoms with E-state index in [1.54, 1.807) is 6.07 Å². The van der Waals surface area contributed by atoms with E-state index < -0.39 is 17.0 Å². The van der Waals surface area contributed by atoms with Crippen LogP contribution in [0.1, 0.15) is 57.1 Å². The standard InChI is InChI=1S/C23H22F2N2O2/c1-5-23(19-11-14(28)9-10-29-19)21-15(13(2)22(23,3)4)12-18(26-27-21)20-16(24)7-6-8-17(20)25/h6-13H,5H2,1-4H3/t13-,23-/m0/s1. The summed E-state index contributed by atoms with van der Waals surface area (Å²) in [6.07, 6.45) is 2.02. The Morgan fingerprint density at radius 1 is 1.10 bits per heavy atom. The number of halogens is 2. The number of benzene rings is 1. The molecule has 4 rings (SSSR count). The van der Waals surface area contributed by atoms with E-state index in [1.165, 1.54) is 36.6 Å². The molecule has 3 aromatic rings. The number of aromatic nitrogens is 2. The summed E-state index contributed by atoms with van der Waals surface area (Å²) in [6.45, 7) is 8.27. The van der Waals surface area contributed by atoms with Crippen molar-refractivity contribution in [3.05, 3.63) is 81.5 Å². The lowest BCUT2D eigenvalue weighted by atomic mass is 9.61. The first kappa shape index (κ1) is 19.4. The summed E-state index contributed by atoms with van der Waals surface area (Å²) >= 11 is 0. The number of nitrogens with zero attached hydrogens (tertiary/aromatic N) is 2. The highest BCUT2D eigenvalue weighted by atomic mass is 19.1. The monoisotopic (exact) mass is 396 g/mol. The molecule has 0 saturated heterocycles. The van der Waals surface area contributed by atoms with Crippen molar-refractivity contribution < 1.29 is 13.2 Å². The molecule has 1 aliphatic carbocycles. The van der Waals surface area contributed by atoms with E-state index in [-0.39, 0.29) is 28.0 Å². The lowest BCUT2D eigenvalue weighted by Crippen LogP contribution is -2.41. The van der Waals surface area contributed by atoms with Gasteiger partial charge in [0.05, 0.1) is 28.6 Å². The van der Waals surface area contributed by atoms with E-state index >= 15 is 0 Å². The summed E-state index contributed by atoms with van der Waals surface area (Å²) in [5.74, 6) is -0.839. The van der Waals surface area contributed by atoms with Gasteiger partial charge in [0.15, 0.2) is 5.43 Å². The largest absolute Gasteiger partial charge is 0.468 e. The van der Waals surface area contributed by atoms with Gasteiger partial charge >= 0.3 is 0 Å². The van der Waals surface area contributed by atoms with Crippen LogP contribution in [-0.2, 0) is 5.41 Å². The van der Waals surface area contributed by atoms with Gasteiger partial charge in [0, 0.05) is 12.1 Å². The fourth-order valence-corrected chi connectivity index (χ4v) is 4.84. The Hall–Kier alpha value is -2.89. The molecule has 0 spiro atoms. The molecule has 2 heterocycles. The fraction of sp³-hybridized carbons (Fsp3) is 0.348. The van der Waals surface area contributed by atoms with Crippen molar-refractivity contribution in [1.29, 1.82) is 0 Å². The first-order chi connectivity index (χ1) is 13.7. The molecular weight excluding hydrogens is 374 g/mol. The maximum absolute atomic E-state index is 14.3. The molecule has 0 radical (unpaired) electrons. The maximum Gasteiger partial charge on any atom is 0.185 e. The average molecular weight is 396 g/mol. The minimum atomic E-state index is -0.681. The fourth-order valence-electron chi connectivity index (χ4n) is 4.84. The number of fused-ring (bicyclic) bond motifs is 1. The molecular formula is C23H22F2N2O2. The lowest BCUT2D eigenvalue weighted by Gasteiger charge is -2.41. The van der Waals surface area contributed by atoms with Gasteiger partial charge < -0.3 is 4.42 Å². The highest BCUT2D eigenvalue weighted by molar-refractivity contribution is 5.63. The van der Waals surface area contributed by atoms with Crippen LogP contribution in [0.25, 0.3) is 11.3 Å². The summed E-state index contributed by atoms with van der Waals surface area (Å²) in [5, 5.41) is 8.63. The van der Waals surface area contributed by atoms with E-state index in [2.05, 4.69) is 31.0 Å². The molecule has 0 fully saturated rings. The molecule has 4 nitrogen and oxygen atoms in total. The Labute approximate surface area is 167 Å². The number of hydrogen-bond acceptors (Lipinski definition) is 4.